The normalized spacial score (nSPS) is 13.8. The topological polar surface area (TPSA) is 67.9 Å². The Morgan fingerprint density at radius 3 is 2.85 bits per heavy atom. The van der Waals surface area contributed by atoms with E-state index in [1.165, 1.54) is 0 Å². The largest absolute Gasteiger partial charge is 0.463 e. The number of fused-ring (bicyclic) bond motifs is 1. The van der Waals surface area contributed by atoms with Gasteiger partial charge in [0.25, 0.3) is 0 Å². The summed E-state index contributed by atoms with van der Waals surface area (Å²) in [6.07, 6.45) is 2.12. The zero-order valence-electron chi connectivity index (χ0n) is 12.0. The van der Waals surface area contributed by atoms with Crippen molar-refractivity contribution in [3.63, 3.8) is 0 Å². The number of nitrogens with two attached hydrogens (primary N) is 1. The van der Waals surface area contributed by atoms with Gasteiger partial charge in [0.15, 0.2) is 0 Å². The van der Waals surface area contributed by atoms with Gasteiger partial charge >= 0.3 is 5.97 Å². The van der Waals surface area contributed by atoms with Gasteiger partial charge in [-0.15, -0.1) is 0 Å². The smallest absolute Gasteiger partial charge is 0.334 e. The fraction of sp³-hybridized carbons (Fsp3) is 0.333. The summed E-state index contributed by atoms with van der Waals surface area (Å²) in [5, 5.41) is 0. The average Bonchev–Trinajstić information content (AvgIpc) is 2.56. The molecule has 0 spiro atoms. The summed E-state index contributed by atoms with van der Waals surface area (Å²) in [4.78, 5) is 18.3. The predicted molar refractivity (Wildman–Crippen MR) is 81.3 cm³/mol. The van der Waals surface area contributed by atoms with Gasteiger partial charge in [-0.1, -0.05) is 0 Å². The Morgan fingerprint density at radius 2 is 2.20 bits per heavy atom. The zero-order valence-corrected chi connectivity index (χ0v) is 12.0. The van der Waals surface area contributed by atoms with Crippen molar-refractivity contribution in [2.24, 2.45) is 10.7 Å². The molecule has 1 aromatic carbocycles. The van der Waals surface area contributed by atoms with E-state index in [-0.39, 0.29) is 5.97 Å². The van der Waals surface area contributed by atoms with Gasteiger partial charge in [-0.05, 0) is 31.2 Å². The maximum Gasteiger partial charge on any atom is 0.334 e. The third-order valence-electron chi connectivity index (χ3n) is 3.03. The van der Waals surface area contributed by atoms with E-state index in [9.17, 15) is 4.79 Å². The van der Waals surface area contributed by atoms with Gasteiger partial charge < -0.3 is 15.4 Å². The summed E-state index contributed by atoms with van der Waals surface area (Å²) >= 11 is 0. The van der Waals surface area contributed by atoms with E-state index in [1.54, 1.807) is 6.92 Å². The summed E-state index contributed by atoms with van der Waals surface area (Å²) in [5.74, 6) is 0.0782. The third-order valence-corrected chi connectivity index (χ3v) is 3.03. The molecule has 5 heteroatoms. The second-order valence-electron chi connectivity index (χ2n) is 4.81. The molecule has 0 aromatic heterocycles. The highest BCUT2D eigenvalue weighted by molar-refractivity contribution is 6.03. The molecule has 0 saturated heterocycles. The van der Waals surface area contributed by atoms with Gasteiger partial charge in [0.05, 0.1) is 12.3 Å². The van der Waals surface area contributed by atoms with E-state index in [2.05, 4.69) is 4.99 Å². The number of hydrogen-bond donors (Lipinski definition) is 1. The van der Waals surface area contributed by atoms with Gasteiger partial charge in [0, 0.05) is 37.3 Å². The Balaban J connectivity index is 2.47. The van der Waals surface area contributed by atoms with Gasteiger partial charge in [-0.3, -0.25) is 0 Å². The number of carbonyl (C=O) groups is 1. The molecule has 106 valence electrons. The maximum absolute atomic E-state index is 11.9. The second-order valence-corrected chi connectivity index (χ2v) is 4.81. The lowest BCUT2D eigenvalue weighted by molar-refractivity contribution is -0.138. The van der Waals surface area contributed by atoms with Crippen molar-refractivity contribution >= 4 is 29.3 Å². The molecule has 1 aliphatic heterocycles. The molecular formula is C15H19N3O2. The van der Waals surface area contributed by atoms with Crippen molar-refractivity contribution < 1.29 is 9.53 Å². The van der Waals surface area contributed by atoms with Crippen molar-refractivity contribution in [3.05, 3.63) is 29.3 Å². The fourth-order valence-electron chi connectivity index (χ4n) is 2.02. The van der Waals surface area contributed by atoms with Crippen LogP contribution in [0.25, 0.3) is 6.08 Å². The summed E-state index contributed by atoms with van der Waals surface area (Å²) in [6, 6.07) is 5.86. The van der Waals surface area contributed by atoms with E-state index in [0.29, 0.717) is 24.4 Å². The lowest BCUT2D eigenvalue weighted by Gasteiger charge is -2.13. The molecule has 0 amide bonds. The number of rotatable bonds is 3. The van der Waals surface area contributed by atoms with Gasteiger partial charge in [0.2, 0.25) is 0 Å². The highest BCUT2D eigenvalue weighted by Crippen LogP contribution is 2.30. The number of amidine groups is 1. The van der Waals surface area contributed by atoms with Crippen molar-refractivity contribution in [1.82, 2.24) is 0 Å². The van der Waals surface area contributed by atoms with Crippen LogP contribution in [0.5, 0.6) is 0 Å². The van der Waals surface area contributed by atoms with E-state index < -0.39 is 0 Å². The molecule has 0 atom stereocenters. The van der Waals surface area contributed by atoms with Crippen LogP contribution >= 0.6 is 0 Å². The first kappa shape index (κ1) is 14.1. The lowest BCUT2D eigenvalue weighted by atomic mass is 10.1. The fourth-order valence-corrected chi connectivity index (χ4v) is 2.02. The Bertz CT molecular complexity index is 589. The average molecular weight is 273 g/mol. The van der Waals surface area contributed by atoms with Crippen molar-refractivity contribution in [3.8, 4) is 0 Å². The number of benzene rings is 1. The minimum absolute atomic E-state index is 0.310. The van der Waals surface area contributed by atoms with E-state index in [1.807, 2.05) is 43.3 Å². The van der Waals surface area contributed by atoms with Crippen molar-refractivity contribution in [1.29, 1.82) is 0 Å². The molecule has 1 aromatic rings. The number of nitrogens with zero attached hydrogens (tertiary/aromatic N) is 2. The summed E-state index contributed by atoms with van der Waals surface area (Å²) in [6.45, 7) is 2.13. The quantitative estimate of drug-likeness (QED) is 0.856. The highest BCUT2D eigenvalue weighted by Gasteiger charge is 2.17. The summed E-state index contributed by atoms with van der Waals surface area (Å²) in [5.41, 5.74) is 9.08. The van der Waals surface area contributed by atoms with Gasteiger partial charge in [-0.2, -0.15) is 0 Å². The van der Waals surface area contributed by atoms with Crippen LogP contribution in [-0.2, 0) is 9.53 Å². The number of esters is 1. The summed E-state index contributed by atoms with van der Waals surface area (Å²) in [7, 11) is 3.93. The first-order valence-electron chi connectivity index (χ1n) is 6.53. The predicted octanol–water partition coefficient (Wildman–Crippen LogP) is 2.09. The first-order chi connectivity index (χ1) is 9.51. The third kappa shape index (κ3) is 2.99. The van der Waals surface area contributed by atoms with Gasteiger partial charge in [-0.25, -0.2) is 9.79 Å². The maximum atomic E-state index is 11.9. The van der Waals surface area contributed by atoms with Crippen LogP contribution in [0.3, 0.4) is 0 Å². The second kappa shape index (κ2) is 5.77. The molecule has 0 bridgehead atoms. The molecule has 2 N–H and O–H groups in total. The zero-order chi connectivity index (χ0) is 14.7. The molecule has 1 aliphatic rings. The van der Waals surface area contributed by atoms with Crippen molar-refractivity contribution in [2.45, 2.75) is 13.3 Å². The standard InChI is InChI=1S/C15H19N3O2/c1-4-20-15(19)11-7-10-8-12(18(2)3)5-6-13(10)17-14(16)9-11/h5-8H,4,9H2,1-3H3,(H2,16,17). The Labute approximate surface area is 118 Å². The minimum atomic E-state index is -0.339. The molecule has 20 heavy (non-hydrogen) atoms. The summed E-state index contributed by atoms with van der Waals surface area (Å²) < 4.78 is 5.05. The molecular weight excluding hydrogens is 254 g/mol. The van der Waals surface area contributed by atoms with Crippen LogP contribution in [0.4, 0.5) is 11.4 Å². The SMILES string of the molecule is CCOC(=O)C1=Cc2cc(N(C)C)ccc2N=C(N)C1. The molecule has 0 unspecified atom stereocenters. The molecule has 0 fully saturated rings. The molecule has 0 radical (unpaired) electrons. The highest BCUT2D eigenvalue weighted by atomic mass is 16.5. The molecule has 0 aliphatic carbocycles. The molecule has 5 nitrogen and oxygen atoms in total. The number of anilines is 1. The lowest BCUT2D eigenvalue weighted by Crippen LogP contribution is -2.16. The van der Waals surface area contributed by atoms with Gasteiger partial charge in [0.1, 0.15) is 5.84 Å². The van der Waals surface area contributed by atoms with Crippen LogP contribution in [-0.4, -0.2) is 32.5 Å². The van der Waals surface area contributed by atoms with Crippen LogP contribution in [0.15, 0.2) is 28.8 Å². The Kier molecular flexibility index (Phi) is 4.08. The number of aliphatic imine (C=N–C) groups is 1. The number of ether oxygens (including phenoxy) is 1. The molecule has 2 rings (SSSR count). The van der Waals surface area contributed by atoms with E-state index >= 15 is 0 Å². The monoisotopic (exact) mass is 273 g/mol. The minimum Gasteiger partial charge on any atom is -0.463 e. The molecule has 1 heterocycles. The van der Waals surface area contributed by atoms with Crippen LogP contribution < -0.4 is 10.6 Å². The number of carbonyl (C=O) groups excluding carboxylic acids is 1. The molecule has 0 saturated carbocycles. The van der Waals surface area contributed by atoms with E-state index in [4.69, 9.17) is 10.5 Å². The Morgan fingerprint density at radius 1 is 1.45 bits per heavy atom. The van der Waals surface area contributed by atoms with E-state index in [0.717, 1.165) is 16.9 Å². The van der Waals surface area contributed by atoms with Crippen LogP contribution in [0.2, 0.25) is 0 Å². The van der Waals surface area contributed by atoms with Crippen LogP contribution in [0, 0.1) is 0 Å². The Hall–Kier alpha value is -2.30. The number of hydrogen-bond acceptors (Lipinski definition) is 5. The first-order valence-corrected chi connectivity index (χ1v) is 6.53. The van der Waals surface area contributed by atoms with Crippen molar-refractivity contribution in [2.75, 3.05) is 25.6 Å². The van der Waals surface area contributed by atoms with Crippen LogP contribution in [0.1, 0.15) is 18.9 Å².